The second-order valence-electron chi connectivity index (χ2n) is 10.1. The van der Waals surface area contributed by atoms with E-state index in [4.69, 9.17) is 13.6 Å². The minimum absolute atomic E-state index is 0.434. The maximum atomic E-state index is 10.5. The maximum absolute atomic E-state index is 10.5. The molecular formula is C26H37NO4Si. The average molecular weight is 456 g/mol. The predicted molar refractivity (Wildman–Crippen MR) is 129 cm³/mol. The minimum atomic E-state index is -2.17. The predicted octanol–water partition coefficient (Wildman–Crippen LogP) is 6.67. The highest BCUT2D eigenvalue weighted by Gasteiger charge is 2.49. The van der Waals surface area contributed by atoms with Crippen molar-refractivity contribution in [3.63, 3.8) is 0 Å². The van der Waals surface area contributed by atoms with E-state index in [1.165, 1.54) is 0 Å². The first-order valence-electron chi connectivity index (χ1n) is 11.6. The quantitative estimate of drug-likeness (QED) is 0.405. The van der Waals surface area contributed by atoms with Crippen molar-refractivity contribution in [2.75, 3.05) is 7.11 Å². The van der Waals surface area contributed by atoms with Crippen LogP contribution in [0.3, 0.4) is 0 Å². The topological polar surface area (TPSA) is 75.6 Å². The van der Waals surface area contributed by atoms with E-state index >= 15 is 0 Å². The van der Waals surface area contributed by atoms with E-state index < -0.39 is 19.8 Å². The molecule has 5 nitrogen and oxygen atoms in total. The van der Waals surface area contributed by atoms with Gasteiger partial charge in [-0.1, -0.05) is 41.5 Å². The Morgan fingerprint density at radius 3 is 2.28 bits per heavy atom. The molecule has 6 heteroatoms. The monoisotopic (exact) mass is 455 g/mol. The average Bonchev–Trinajstić information content (AvgIpc) is 3.27. The molecule has 2 aromatic rings. The largest absolute Gasteiger partial charge is 0.540 e. The van der Waals surface area contributed by atoms with Gasteiger partial charge in [-0.2, -0.15) is 5.26 Å². The third kappa shape index (κ3) is 4.09. The van der Waals surface area contributed by atoms with E-state index in [9.17, 15) is 10.4 Å². The lowest BCUT2D eigenvalue weighted by Gasteiger charge is -2.44. The van der Waals surface area contributed by atoms with E-state index in [1.807, 2.05) is 12.1 Å². The summed E-state index contributed by atoms with van der Waals surface area (Å²) < 4.78 is 17.7. The molecule has 0 spiro atoms. The second-order valence-corrected chi connectivity index (χ2v) is 15.4. The first-order valence-corrected chi connectivity index (χ1v) is 13.8. The van der Waals surface area contributed by atoms with E-state index in [0.29, 0.717) is 35.9 Å². The van der Waals surface area contributed by atoms with Gasteiger partial charge in [0.2, 0.25) is 0 Å². The van der Waals surface area contributed by atoms with Gasteiger partial charge in [-0.3, -0.25) is 0 Å². The molecule has 1 aromatic heterocycles. The van der Waals surface area contributed by atoms with Crippen LogP contribution in [0.4, 0.5) is 0 Å². The summed E-state index contributed by atoms with van der Waals surface area (Å²) in [5.41, 5.74) is 3.58. The Labute approximate surface area is 193 Å². The summed E-state index contributed by atoms with van der Waals surface area (Å²) in [4.78, 5) is 0. The molecule has 0 saturated carbocycles. The van der Waals surface area contributed by atoms with Crippen molar-refractivity contribution in [2.45, 2.75) is 88.9 Å². The first-order chi connectivity index (χ1) is 15.1. The number of nitrogens with zero attached hydrogens (tertiary/aromatic N) is 1. The van der Waals surface area contributed by atoms with Gasteiger partial charge >= 0.3 is 0 Å². The van der Waals surface area contributed by atoms with Gasteiger partial charge in [-0.25, -0.2) is 0 Å². The summed E-state index contributed by atoms with van der Waals surface area (Å²) >= 11 is 0. The Kier molecular flexibility index (Phi) is 7.11. The lowest BCUT2D eigenvalue weighted by atomic mass is 9.62. The fourth-order valence-corrected chi connectivity index (χ4v) is 10.9. The van der Waals surface area contributed by atoms with Crippen molar-refractivity contribution in [2.24, 2.45) is 0 Å². The minimum Gasteiger partial charge on any atom is -0.540 e. The number of fused-ring (bicyclic) bond motifs is 1. The Morgan fingerprint density at radius 1 is 1.12 bits per heavy atom. The number of ether oxygens (including phenoxy) is 1. The molecule has 3 rings (SSSR count). The molecule has 1 aromatic carbocycles. The molecule has 0 saturated heterocycles. The van der Waals surface area contributed by atoms with Crippen LogP contribution in [0.25, 0.3) is 0 Å². The smallest absolute Gasteiger partial charge is 0.258 e. The number of aliphatic hydroxyl groups excluding tert-OH is 1. The molecule has 2 atom stereocenters. The SMILES string of the molecule is COc1cc2c(cc1O[Si](C(C)C)(C(C)C)C(C)C)C(C#N)(CCC(O)c1ccoc1)C2. The van der Waals surface area contributed by atoms with Gasteiger partial charge in [-0.15, -0.1) is 0 Å². The van der Waals surface area contributed by atoms with Gasteiger partial charge in [0.15, 0.2) is 5.75 Å². The van der Waals surface area contributed by atoms with Crippen molar-refractivity contribution in [1.29, 1.82) is 5.26 Å². The van der Waals surface area contributed by atoms with Crippen LogP contribution in [0.2, 0.25) is 16.6 Å². The molecule has 0 bridgehead atoms. The molecule has 1 aliphatic rings. The van der Waals surface area contributed by atoms with Gasteiger partial charge < -0.3 is 18.7 Å². The normalized spacial score (nSPS) is 18.9. The van der Waals surface area contributed by atoms with E-state index in [2.05, 4.69) is 47.6 Å². The maximum Gasteiger partial charge on any atom is 0.258 e. The third-order valence-corrected chi connectivity index (χ3v) is 13.4. The molecule has 32 heavy (non-hydrogen) atoms. The summed E-state index contributed by atoms with van der Waals surface area (Å²) in [6, 6.07) is 8.39. The molecule has 0 radical (unpaired) electrons. The van der Waals surface area contributed by atoms with Crippen LogP contribution in [-0.4, -0.2) is 20.5 Å². The zero-order valence-electron chi connectivity index (χ0n) is 20.4. The van der Waals surface area contributed by atoms with Crippen LogP contribution in [0.5, 0.6) is 11.5 Å². The van der Waals surface area contributed by atoms with Crippen LogP contribution in [-0.2, 0) is 11.8 Å². The molecule has 0 aliphatic heterocycles. The number of methoxy groups -OCH3 is 1. The number of rotatable bonds is 10. The first kappa shape index (κ1) is 24.4. The molecule has 0 fully saturated rings. The van der Waals surface area contributed by atoms with E-state index in [0.717, 1.165) is 28.2 Å². The summed E-state index contributed by atoms with van der Waals surface area (Å²) in [7, 11) is -0.499. The second kappa shape index (κ2) is 9.33. The Hall–Kier alpha value is -2.23. The Balaban J connectivity index is 1.93. The lowest BCUT2D eigenvalue weighted by Crippen LogP contribution is -2.51. The van der Waals surface area contributed by atoms with Crippen molar-refractivity contribution in [3.05, 3.63) is 47.4 Å². The lowest BCUT2D eigenvalue weighted by molar-refractivity contribution is 0.153. The zero-order valence-corrected chi connectivity index (χ0v) is 21.4. The van der Waals surface area contributed by atoms with Crippen LogP contribution in [0.1, 0.15) is 77.2 Å². The number of furan rings is 1. The van der Waals surface area contributed by atoms with Gasteiger partial charge in [0.05, 0.1) is 37.2 Å². The van der Waals surface area contributed by atoms with Crippen molar-refractivity contribution >= 4 is 8.32 Å². The molecular weight excluding hydrogens is 418 g/mol. The molecule has 1 N–H and O–H groups in total. The summed E-state index contributed by atoms with van der Waals surface area (Å²) in [5, 5.41) is 20.6. The molecule has 2 unspecified atom stereocenters. The number of hydrogen-bond donors (Lipinski definition) is 1. The summed E-state index contributed by atoms with van der Waals surface area (Å²) in [6.45, 7) is 13.6. The van der Waals surface area contributed by atoms with Crippen molar-refractivity contribution in [3.8, 4) is 17.6 Å². The van der Waals surface area contributed by atoms with Crippen molar-refractivity contribution in [1.82, 2.24) is 0 Å². The Morgan fingerprint density at radius 2 is 1.78 bits per heavy atom. The van der Waals surface area contributed by atoms with Gasteiger partial charge in [0.1, 0.15) is 5.75 Å². The zero-order chi connectivity index (χ0) is 23.7. The van der Waals surface area contributed by atoms with Gasteiger partial charge in [-0.05, 0) is 65.2 Å². The van der Waals surface area contributed by atoms with Crippen LogP contribution < -0.4 is 9.16 Å². The van der Waals surface area contributed by atoms with Crippen molar-refractivity contribution < 1.29 is 18.7 Å². The van der Waals surface area contributed by atoms with E-state index in [1.54, 1.807) is 25.7 Å². The highest BCUT2D eigenvalue weighted by atomic mass is 28.4. The highest BCUT2D eigenvalue weighted by molar-refractivity contribution is 6.78. The number of benzene rings is 1. The van der Waals surface area contributed by atoms with Crippen LogP contribution in [0.15, 0.2) is 35.1 Å². The third-order valence-electron chi connectivity index (χ3n) is 7.38. The number of nitriles is 1. The summed E-state index contributed by atoms with van der Waals surface area (Å²) in [5.74, 6) is 1.50. The van der Waals surface area contributed by atoms with Crippen LogP contribution >= 0.6 is 0 Å². The fourth-order valence-electron chi connectivity index (χ4n) is 5.68. The fraction of sp³-hybridized carbons (Fsp3) is 0.577. The van der Waals surface area contributed by atoms with Gasteiger partial charge in [0.25, 0.3) is 8.32 Å². The Bertz CT molecular complexity index is 939. The van der Waals surface area contributed by atoms with Crippen LogP contribution in [0, 0.1) is 11.3 Å². The molecule has 1 heterocycles. The molecule has 174 valence electrons. The standard InChI is InChI=1S/C26H37NO4Si/c1-17(2)32(18(3)4,19(5)6)31-25-13-22-21(12-24(25)29-7)14-26(22,16-27)10-8-23(28)20-9-11-30-15-20/h9,11-13,15,17-19,23,28H,8,10,14H2,1-7H3. The highest BCUT2D eigenvalue weighted by Crippen LogP contribution is 2.51. The number of aliphatic hydroxyl groups is 1. The number of hydrogen-bond acceptors (Lipinski definition) is 5. The summed E-state index contributed by atoms with van der Waals surface area (Å²) in [6.07, 6.45) is 4.21. The molecule has 1 aliphatic carbocycles. The van der Waals surface area contributed by atoms with Gasteiger partial charge in [0, 0.05) is 5.56 Å². The molecule has 0 amide bonds. The van der Waals surface area contributed by atoms with E-state index in [-0.39, 0.29) is 0 Å².